The lowest BCUT2D eigenvalue weighted by Crippen LogP contribution is -2.60. The average molecular weight is 1040 g/mol. The van der Waals surface area contributed by atoms with E-state index in [1.807, 2.05) is 60.7 Å². The Kier molecular flexibility index (Phi) is 20.1. The van der Waals surface area contributed by atoms with Crippen LogP contribution in [0.4, 0.5) is 18.7 Å². The van der Waals surface area contributed by atoms with Gasteiger partial charge in [-0.05, 0) is 74.6 Å². The van der Waals surface area contributed by atoms with Gasteiger partial charge in [0.1, 0.15) is 24.2 Å². The quantitative estimate of drug-likeness (QED) is 0.0509. The average Bonchev–Trinajstić information content (AvgIpc) is 4.13. The number of nitrogens with one attached hydrogen (secondary N) is 4. The zero-order valence-electron chi connectivity index (χ0n) is 42.1. The Balaban J connectivity index is 0.942. The molecule has 0 spiro atoms. The first-order valence-corrected chi connectivity index (χ1v) is 26.6. The molecule has 0 bridgehead atoms. The van der Waals surface area contributed by atoms with Gasteiger partial charge in [-0.3, -0.25) is 28.9 Å². The van der Waals surface area contributed by atoms with Crippen LogP contribution in [-0.2, 0) is 28.7 Å². The van der Waals surface area contributed by atoms with Crippen LogP contribution in [0.25, 0.3) is 11.3 Å². The molecule has 2 saturated heterocycles. The van der Waals surface area contributed by atoms with Gasteiger partial charge in [0.05, 0.1) is 18.9 Å². The molecule has 3 aliphatic rings. The number of amides is 6. The van der Waals surface area contributed by atoms with Gasteiger partial charge in [0.2, 0.25) is 29.4 Å². The maximum atomic E-state index is 15.1. The number of anilines is 1. The van der Waals surface area contributed by atoms with E-state index in [-0.39, 0.29) is 18.0 Å². The number of hydrogen-bond donors (Lipinski definition) is 5. The third-order valence-corrected chi connectivity index (χ3v) is 15.1. The molecule has 0 unspecified atom stereocenters. The predicted octanol–water partition coefficient (Wildman–Crippen LogP) is 6.47. The van der Waals surface area contributed by atoms with E-state index in [1.54, 1.807) is 5.38 Å². The zero-order valence-corrected chi connectivity index (χ0v) is 42.9. The van der Waals surface area contributed by atoms with Crippen molar-refractivity contribution in [3.63, 3.8) is 0 Å². The molecule has 5 N–H and O–H groups in total. The lowest BCUT2D eigenvalue weighted by molar-refractivity contribution is -0.144. The number of likely N-dealkylation sites (N-methyl/N-ethyl adjacent to an activating group) is 1. The summed E-state index contributed by atoms with van der Waals surface area (Å²) >= 11 is 1.37. The second-order valence-corrected chi connectivity index (χ2v) is 20.0. The maximum Gasteiger partial charge on any atom is 0.407 e. The number of carbonyl (C=O) groups excluding carboxylic acids is 5. The summed E-state index contributed by atoms with van der Waals surface area (Å²) in [5.41, 5.74) is 2.23. The van der Waals surface area contributed by atoms with Gasteiger partial charge < -0.3 is 45.6 Å². The Bertz CT molecular complexity index is 2490. The summed E-state index contributed by atoms with van der Waals surface area (Å²) < 4.78 is 40.4. The Morgan fingerprint density at radius 3 is 2.11 bits per heavy atom. The lowest BCUT2D eigenvalue weighted by Gasteiger charge is -2.36. The lowest BCUT2D eigenvalue weighted by atomic mass is 9.83. The number of benzene rings is 3. The van der Waals surface area contributed by atoms with Crippen LogP contribution in [0.3, 0.4) is 0 Å². The Hall–Kier alpha value is -6.67. The van der Waals surface area contributed by atoms with Gasteiger partial charge in [0, 0.05) is 56.6 Å². The van der Waals surface area contributed by atoms with Crippen molar-refractivity contribution in [3.8, 4) is 17.0 Å². The smallest absolute Gasteiger partial charge is 0.407 e. The summed E-state index contributed by atoms with van der Waals surface area (Å²) in [5, 5.41) is 23.8. The number of thiazole rings is 1. The van der Waals surface area contributed by atoms with Gasteiger partial charge in [-0.2, -0.15) is 4.39 Å². The van der Waals surface area contributed by atoms with Crippen molar-refractivity contribution in [2.75, 3.05) is 64.5 Å². The normalized spacial score (nSPS) is 17.2. The van der Waals surface area contributed by atoms with Crippen LogP contribution in [-0.4, -0.2) is 139 Å². The number of halogens is 2. The molecule has 4 atom stereocenters. The number of carboxylic acid groups (broad SMARTS) is 1. The van der Waals surface area contributed by atoms with E-state index in [0.29, 0.717) is 96.5 Å². The first kappa shape index (κ1) is 55.1. The Labute approximate surface area is 434 Å². The van der Waals surface area contributed by atoms with Gasteiger partial charge in [-0.25, -0.2) is 14.2 Å². The number of hydrogen-bond acceptors (Lipinski definition) is 11. The van der Waals surface area contributed by atoms with Crippen LogP contribution in [0.5, 0.6) is 5.75 Å². The summed E-state index contributed by atoms with van der Waals surface area (Å²) in [5.74, 6) is -5.90. The standard InChI is InChI=1S/C54H68F2N8O9S/c1-35(62(2)54(70)71)49(66)60-46(38-21-12-7-13-22-38)52(69)64-28-16-23-42(64)50(67)61-47(44(36-17-8-5-9-18-36)37-19-10-6-11-20-37)51(68)58-27-15-4-3-14-26-57-43(65)33-73-48-39(24-25-40(55)45(48)56)41-34-74-53(59-41)63-29-31-72-32-30-63/h5-6,8-11,17-20,24-25,34-35,38,42,44,46-47H,3-4,7,12-16,21-23,26-33H2,1-2H3,(H,57,65)(H,58,68)(H,60,66)(H,61,67)(H,70,71)/t35-,42-,46-,47-/m0/s1. The molecule has 1 aromatic heterocycles. The Morgan fingerprint density at radius 1 is 0.811 bits per heavy atom. The van der Waals surface area contributed by atoms with Gasteiger partial charge in [0.25, 0.3) is 5.91 Å². The SMILES string of the molecule is C[C@@H](C(=O)N[C@H](C(=O)N1CCC[C@H]1C(=O)N[C@H](C(=O)NCCCCCCNC(=O)COc1c(-c2csc(N3CCOCC3)n2)ccc(F)c1F)C(c1ccccc1)c1ccccc1)C1CCCCC1)N(C)C(=O)O. The number of rotatable bonds is 23. The highest BCUT2D eigenvalue weighted by molar-refractivity contribution is 7.14. The zero-order chi connectivity index (χ0) is 52.6. The monoisotopic (exact) mass is 1040 g/mol. The van der Waals surface area contributed by atoms with Crippen molar-refractivity contribution in [3.05, 3.63) is 101 Å². The molecule has 74 heavy (non-hydrogen) atoms. The van der Waals surface area contributed by atoms with Crippen molar-refractivity contribution < 1.29 is 52.1 Å². The molecular formula is C54H68F2N8O9S. The summed E-state index contributed by atoms with van der Waals surface area (Å²) in [6, 6.07) is 17.2. The second-order valence-electron chi connectivity index (χ2n) is 19.1. The topological polar surface area (TPSA) is 212 Å². The maximum absolute atomic E-state index is 15.1. The largest absolute Gasteiger partial charge is 0.480 e. The molecule has 1 saturated carbocycles. The molecule has 20 heteroatoms. The fourth-order valence-electron chi connectivity index (χ4n) is 9.90. The van der Waals surface area contributed by atoms with Crippen molar-refractivity contribution in [1.82, 2.24) is 36.1 Å². The molecule has 1 aliphatic carbocycles. The van der Waals surface area contributed by atoms with E-state index in [4.69, 9.17) is 9.47 Å². The molecule has 2 aliphatic heterocycles. The van der Waals surface area contributed by atoms with E-state index in [2.05, 4.69) is 31.2 Å². The van der Waals surface area contributed by atoms with Crippen LogP contribution in [0, 0.1) is 17.6 Å². The van der Waals surface area contributed by atoms with E-state index in [1.165, 1.54) is 36.3 Å². The van der Waals surface area contributed by atoms with Crippen LogP contribution in [0.1, 0.15) is 94.6 Å². The minimum atomic E-state index is -1.28. The van der Waals surface area contributed by atoms with Crippen molar-refractivity contribution in [2.45, 2.75) is 108 Å². The first-order chi connectivity index (χ1) is 35.8. The number of unbranched alkanes of at least 4 members (excludes halogenated alkanes) is 3. The van der Waals surface area contributed by atoms with Crippen LogP contribution in [0.15, 0.2) is 78.2 Å². The van der Waals surface area contributed by atoms with Crippen LogP contribution < -0.4 is 30.9 Å². The van der Waals surface area contributed by atoms with Crippen LogP contribution >= 0.6 is 11.3 Å². The highest BCUT2D eigenvalue weighted by Crippen LogP contribution is 2.37. The Morgan fingerprint density at radius 2 is 1.46 bits per heavy atom. The summed E-state index contributed by atoms with van der Waals surface area (Å²) in [6.07, 6.45) is 6.36. The van der Waals surface area contributed by atoms with E-state index in [9.17, 15) is 38.3 Å². The minimum absolute atomic E-state index is 0.191. The third kappa shape index (κ3) is 14.3. The number of aromatic nitrogens is 1. The number of likely N-dealkylation sites (tertiary alicyclic amines) is 1. The van der Waals surface area contributed by atoms with Gasteiger partial charge >= 0.3 is 6.09 Å². The molecule has 3 heterocycles. The van der Waals surface area contributed by atoms with Crippen LogP contribution in [0.2, 0.25) is 0 Å². The van der Waals surface area contributed by atoms with Gasteiger partial charge in [-0.15, -0.1) is 11.3 Å². The van der Waals surface area contributed by atoms with Gasteiger partial charge in [-0.1, -0.05) is 92.8 Å². The molecule has 7 rings (SSSR count). The molecule has 398 valence electrons. The predicted molar refractivity (Wildman–Crippen MR) is 276 cm³/mol. The number of carbonyl (C=O) groups is 6. The van der Waals surface area contributed by atoms with E-state index < -0.39 is 89.7 Å². The molecule has 17 nitrogen and oxygen atoms in total. The fraction of sp³-hybridized carbons (Fsp3) is 0.500. The molecule has 0 radical (unpaired) electrons. The fourth-order valence-corrected chi connectivity index (χ4v) is 10.8. The highest BCUT2D eigenvalue weighted by atomic mass is 32.1. The highest BCUT2D eigenvalue weighted by Gasteiger charge is 2.43. The number of morpholine rings is 1. The first-order valence-electron chi connectivity index (χ1n) is 25.7. The van der Waals surface area contributed by atoms with Crippen molar-refractivity contribution in [1.29, 1.82) is 0 Å². The summed E-state index contributed by atoms with van der Waals surface area (Å²) in [4.78, 5) is 90.7. The van der Waals surface area contributed by atoms with Crippen molar-refractivity contribution >= 4 is 52.1 Å². The van der Waals surface area contributed by atoms with E-state index >= 15 is 4.39 Å². The molecular weight excluding hydrogens is 975 g/mol. The molecule has 3 fully saturated rings. The van der Waals surface area contributed by atoms with Gasteiger partial charge in [0.15, 0.2) is 23.3 Å². The third-order valence-electron chi connectivity index (χ3n) is 14.2. The van der Waals surface area contributed by atoms with E-state index in [0.717, 1.165) is 46.5 Å². The molecule has 4 aromatic rings. The summed E-state index contributed by atoms with van der Waals surface area (Å²) in [6.45, 7) is 4.26. The second kappa shape index (κ2) is 27.0. The van der Waals surface area contributed by atoms with Crippen molar-refractivity contribution in [2.24, 2.45) is 5.92 Å². The summed E-state index contributed by atoms with van der Waals surface area (Å²) in [7, 11) is 1.30. The number of nitrogens with zero attached hydrogens (tertiary/aromatic N) is 4. The number of ether oxygens (including phenoxy) is 2. The minimum Gasteiger partial charge on any atom is -0.480 e. The molecule has 6 amide bonds. The molecule has 3 aromatic carbocycles.